The first-order chi connectivity index (χ1) is 8.13. The standard InChI is InChI=1S/C13H15BrN2O/c1-3-5-11-12(14)13(17)16(15-11)10-7-4-6-9(2)8-10/h4,6-8,15H,3,5H2,1-2H3. The van der Waals surface area contributed by atoms with E-state index in [2.05, 4.69) is 28.0 Å². The Hall–Kier alpha value is -1.29. The number of benzene rings is 1. The molecule has 90 valence electrons. The van der Waals surface area contributed by atoms with Gasteiger partial charge in [0.2, 0.25) is 0 Å². The zero-order valence-electron chi connectivity index (χ0n) is 9.96. The Bertz CT molecular complexity index is 583. The summed E-state index contributed by atoms with van der Waals surface area (Å²) < 4.78 is 2.23. The highest BCUT2D eigenvalue weighted by atomic mass is 79.9. The molecule has 0 amide bonds. The van der Waals surface area contributed by atoms with Gasteiger partial charge in [-0.15, -0.1) is 0 Å². The molecule has 0 aliphatic rings. The molecule has 17 heavy (non-hydrogen) atoms. The van der Waals surface area contributed by atoms with Crippen molar-refractivity contribution in [2.75, 3.05) is 0 Å². The fourth-order valence-electron chi connectivity index (χ4n) is 1.83. The summed E-state index contributed by atoms with van der Waals surface area (Å²) in [7, 11) is 0. The predicted molar refractivity (Wildman–Crippen MR) is 72.8 cm³/mol. The fraction of sp³-hybridized carbons (Fsp3) is 0.308. The minimum atomic E-state index is -0.0287. The number of aryl methyl sites for hydroxylation is 2. The Balaban J connectivity index is 2.53. The molecule has 0 bridgehead atoms. The van der Waals surface area contributed by atoms with Crippen LogP contribution in [0.1, 0.15) is 24.6 Å². The molecule has 0 aliphatic carbocycles. The van der Waals surface area contributed by atoms with E-state index in [4.69, 9.17) is 0 Å². The average molecular weight is 295 g/mol. The number of nitrogens with zero attached hydrogens (tertiary/aromatic N) is 1. The van der Waals surface area contributed by atoms with Gasteiger partial charge in [-0.3, -0.25) is 9.89 Å². The van der Waals surface area contributed by atoms with Crippen LogP contribution >= 0.6 is 15.9 Å². The molecule has 0 fully saturated rings. The monoisotopic (exact) mass is 294 g/mol. The second-order valence-electron chi connectivity index (χ2n) is 4.13. The summed E-state index contributed by atoms with van der Waals surface area (Å²) in [6.45, 7) is 4.11. The third-order valence-electron chi connectivity index (χ3n) is 2.66. The van der Waals surface area contributed by atoms with Gasteiger partial charge in [-0.2, -0.15) is 0 Å². The molecule has 0 radical (unpaired) electrons. The van der Waals surface area contributed by atoms with Gasteiger partial charge < -0.3 is 0 Å². The van der Waals surface area contributed by atoms with Crippen LogP contribution < -0.4 is 5.56 Å². The van der Waals surface area contributed by atoms with Crippen molar-refractivity contribution in [1.82, 2.24) is 9.78 Å². The second-order valence-corrected chi connectivity index (χ2v) is 4.93. The minimum Gasteiger partial charge on any atom is -0.294 e. The van der Waals surface area contributed by atoms with Gasteiger partial charge in [0.25, 0.3) is 5.56 Å². The molecule has 0 atom stereocenters. The Morgan fingerprint density at radius 2 is 2.18 bits per heavy atom. The van der Waals surface area contributed by atoms with E-state index in [1.165, 1.54) is 0 Å². The van der Waals surface area contributed by atoms with Crippen LogP contribution in [0.15, 0.2) is 33.5 Å². The summed E-state index contributed by atoms with van der Waals surface area (Å²) in [6.07, 6.45) is 1.88. The molecule has 1 aromatic heterocycles. The van der Waals surface area contributed by atoms with E-state index in [-0.39, 0.29) is 5.56 Å². The van der Waals surface area contributed by atoms with Gasteiger partial charge in [-0.25, -0.2) is 4.68 Å². The van der Waals surface area contributed by atoms with E-state index < -0.39 is 0 Å². The quantitative estimate of drug-likeness (QED) is 0.927. The van der Waals surface area contributed by atoms with Crippen LogP contribution in [-0.4, -0.2) is 9.78 Å². The first-order valence-electron chi connectivity index (χ1n) is 5.70. The number of rotatable bonds is 3. The maximum Gasteiger partial charge on any atom is 0.285 e. The number of hydrogen-bond donors (Lipinski definition) is 1. The molecule has 0 saturated carbocycles. The highest BCUT2D eigenvalue weighted by molar-refractivity contribution is 9.10. The number of aromatic nitrogens is 2. The van der Waals surface area contributed by atoms with Crippen LogP contribution in [0.3, 0.4) is 0 Å². The SMILES string of the molecule is CCCc1[nH]n(-c2cccc(C)c2)c(=O)c1Br. The van der Waals surface area contributed by atoms with Crippen LogP contribution in [0.5, 0.6) is 0 Å². The van der Waals surface area contributed by atoms with Gasteiger partial charge in [-0.1, -0.05) is 25.5 Å². The highest BCUT2D eigenvalue weighted by Gasteiger charge is 2.11. The third-order valence-corrected chi connectivity index (χ3v) is 3.48. The Morgan fingerprint density at radius 3 is 2.82 bits per heavy atom. The Morgan fingerprint density at radius 1 is 1.41 bits per heavy atom. The predicted octanol–water partition coefficient (Wildman–Crippen LogP) is 3.19. The molecule has 0 saturated heterocycles. The minimum absolute atomic E-state index is 0.0287. The molecule has 0 unspecified atom stereocenters. The van der Waals surface area contributed by atoms with Crippen molar-refractivity contribution >= 4 is 15.9 Å². The molecular weight excluding hydrogens is 280 g/mol. The fourth-order valence-corrected chi connectivity index (χ4v) is 2.29. The van der Waals surface area contributed by atoms with Crippen molar-refractivity contribution in [1.29, 1.82) is 0 Å². The van der Waals surface area contributed by atoms with Crippen LogP contribution in [0.2, 0.25) is 0 Å². The first kappa shape index (κ1) is 12.2. The third kappa shape index (κ3) is 2.36. The number of hydrogen-bond acceptors (Lipinski definition) is 1. The summed E-state index contributed by atoms with van der Waals surface area (Å²) in [5.41, 5.74) is 2.94. The van der Waals surface area contributed by atoms with E-state index in [0.717, 1.165) is 29.8 Å². The lowest BCUT2D eigenvalue weighted by molar-refractivity contribution is 0.793. The molecule has 1 heterocycles. The van der Waals surface area contributed by atoms with Crippen molar-refractivity contribution in [3.05, 3.63) is 50.3 Å². The Kier molecular flexibility index (Phi) is 3.52. The zero-order chi connectivity index (χ0) is 12.4. The van der Waals surface area contributed by atoms with Gasteiger partial charge in [0.1, 0.15) is 4.47 Å². The average Bonchev–Trinajstić information content (AvgIpc) is 2.58. The molecule has 2 rings (SSSR count). The van der Waals surface area contributed by atoms with Gasteiger partial charge in [-0.05, 0) is 47.0 Å². The number of aromatic amines is 1. The van der Waals surface area contributed by atoms with Gasteiger partial charge in [0.05, 0.1) is 11.4 Å². The summed E-state index contributed by atoms with van der Waals surface area (Å²) >= 11 is 3.35. The van der Waals surface area contributed by atoms with Crippen LogP contribution in [0.25, 0.3) is 5.69 Å². The van der Waals surface area contributed by atoms with E-state index in [0.29, 0.717) is 4.47 Å². The molecule has 2 aromatic rings. The molecule has 3 nitrogen and oxygen atoms in total. The molecule has 0 spiro atoms. The van der Waals surface area contributed by atoms with Crippen molar-refractivity contribution in [3.63, 3.8) is 0 Å². The molecule has 1 aromatic carbocycles. The maximum absolute atomic E-state index is 12.1. The summed E-state index contributed by atoms with van der Waals surface area (Å²) in [4.78, 5) is 12.1. The van der Waals surface area contributed by atoms with Crippen LogP contribution in [-0.2, 0) is 6.42 Å². The number of halogens is 1. The van der Waals surface area contributed by atoms with Gasteiger partial charge in [0, 0.05) is 0 Å². The lowest BCUT2D eigenvalue weighted by Crippen LogP contribution is -2.14. The van der Waals surface area contributed by atoms with Crippen molar-refractivity contribution in [2.45, 2.75) is 26.7 Å². The van der Waals surface area contributed by atoms with E-state index in [1.54, 1.807) is 4.68 Å². The lowest BCUT2D eigenvalue weighted by Gasteiger charge is -2.02. The summed E-state index contributed by atoms with van der Waals surface area (Å²) in [5, 5.41) is 3.15. The second kappa shape index (κ2) is 4.92. The van der Waals surface area contributed by atoms with E-state index in [9.17, 15) is 4.79 Å². The largest absolute Gasteiger partial charge is 0.294 e. The lowest BCUT2D eigenvalue weighted by atomic mass is 10.2. The summed E-state index contributed by atoms with van der Waals surface area (Å²) in [6, 6.07) is 7.87. The summed E-state index contributed by atoms with van der Waals surface area (Å²) in [5.74, 6) is 0. The topological polar surface area (TPSA) is 37.8 Å². The first-order valence-corrected chi connectivity index (χ1v) is 6.49. The molecular formula is C13H15BrN2O. The van der Waals surface area contributed by atoms with Gasteiger partial charge >= 0.3 is 0 Å². The number of nitrogens with one attached hydrogen (secondary N) is 1. The van der Waals surface area contributed by atoms with Crippen molar-refractivity contribution in [2.24, 2.45) is 0 Å². The van der Waals surface area contributed by atoms with E-state index >= 15 is 0 Å². The normalized spacial score (nSPS) is 10.8. The Labute approximate surface area is 109 Å². The molecule has 1 N–H and O–H groups in total. The van der Waals surface area contributed by atoms with Crippen molar-refractivity contribution in [3.8, 4) is 5.69 Å². The van der Waals surface area contributed by atoms with E-state index in [1.807, 2.05) is 31.2 Å². The van der Waals surface area contributed by atoms with Gasteiger partial charge in [0.15, 0.2) is 0 Å². The molecule has 4 heteroatoms. The number of H-pyrrole nitrogens is 1. The smallest absolute Gasteiger partial charge is 0.285 e. The van der Waals surface area contributed by atoms with Crippen molar-refractivity contribution < 1.29 is 0 Å². The zero-order valence-corrected chi connectivity index (χ0v) is 11.5. The van der Waals surface area contributed by atoms with Crippen LogP contribution in [0.4, 0.5) is 0 Å². The molecule has 0 aliphatic heterocycles. The maximum atomic E-state index is 12.1. The van der Waals surface area contributed by atoms with Crippen LogP contribution in [0, 0.1) is 6.92 Å². The highest BCUT2D eigenvalue weighted by Crippen LogP contribution is 2.15.